The van der Waals surface area contributed by atoms with Crippen LogP contribution in [0.15, 0.2) is 72.9 Å². The van der Waals surface area contributed by atoms with Crippen LogP contribution in [0.25, 0.3) is 17.0 Å². The van der Waals surface area contributed by atoms with Crippen molar-refractivity contribution in [1.29, 1.82) is 0 Å². The number of carbonyl (C=O) groups is 1. The highest BCUT2D eigenvalue weighted by molar-refractivity contribution is 5.80. The predicted molar refractivity (Wildman–Crippen MR) is 115 cm³/mol. The molecule has 4 nitrogen and oxygen atoms in total. The molecule has 1 aliphatic heterocycles. The summed E-state index contributed by atoms with van der Waals surface area (Å²) >= 11 is 0. The molecule has 0 spiro atoms. The summed E-state index contributed by atoms with van der Waals surface area (Å²) < 4.78 is 2.18. The molecule has 1 amide bonds. The van der Waals surface area contributed by atoms with Crippen molar-refractivity contribution in [2.75, 3.05) is 32.7 Å². The topological polar surface area (TPSA) is 28.5 Å². The molecule has 1 fully saturated rings. The molecule has 28 heavy (non-hydrogen) atoms. The van der Waals surface area contributed by atoms with E-state index in [-0.39, 0.29) is 5.91 Å². The highest BCUT2D eigenvalue weighted by Crippen LogP contribution is 2.16. The van der Waals surface area contributed by atoms with Crippen molar-refractivity contribution in [2.24, 2.45) is 0 Å². The monoisotopic (exact) mass is 373 g/mol. The normalized spacial score (nSPS) is 15.5. The Bertz CT molecular complexity index is 937. The minimum atomic E-state index is 0.261. The number of piperazine rings is 1. The number of rotatable bonds is 6. The van der Waals surface area contributed by atoms with Gasteiger partial charge in [-0.1, -0.05) is 60.7 Å². The molecule has 2 aromatic carbocycles. The second-order valence-corrected chi connectivity index (χ2v) is 7.31. The van der Waals surface area contributed by atoms with Gasteiger partial charge in [0.2, 0.25) is 5.91 Å². The van der Waals surface area contributed by atoms with Crippen molar-refractivity contribution in [2.45, 2.75) is 13.0 Å². The van der Waals surface area contributed by atoms with E-state index in [9.17, 15) is 4.79 Å². The summed E-state index contributed by atoms with van der Waals surface area (Å²) in [5.74, 6) is 0.261. The van der Waals surface area contributed by atoms with Crippen LogP contribution in [0.3, 0.4) is 0 Å². The first-order valence-corrected chi connectivity index (χ1v) is 10.1. The second kappa shape index (κ2) is 8.89. The Morgan fingerprint density at radius 3 is 2.46 bits per heavy atom. The second-order valence-electron chi connectivity index (χ2n) is 7.31. The largest absolute Gasteiger partial charge is 0.347 e. The molecule has 0 N–H and O–H groups in total. The van der Waals surface area contributed by atoms with E-state index in [1.165, 1.54) is 16.5 Å². The van der Waals surface area contributed by atoms with Gasteiger partial charge < -0.3 is 9.47 Å². The van der Waals surface area contributed by atoms with Gasteiger partial charge in [-0.3, -0.25) is 9.69 Å². The number of para-hydroxylation sites is 1. The summed E-state index contributed by atoms with van der Waals surface area (Å²) in [6, 6.07) is 20.8. The smallest absolute Gasteiger partial charge is 0.224 e. The fraction of sp³-hybridized carbons (Fsp3) is 0.292. The molecular formula is C24H27N3O. The third kappa shape index (κ3) is 4.52. The molecule has 3 aromatic rings. The van der Waals surface area contributed by atoms with Crippen molar-refractivity contribution in [3.8, 4) is 0 Å². The Hall–Kier alpha value is -2.85. The fourth-order valence-electron chi connectivity index (χ4n) is 3.79. The van der Waals surface area contributed by atoms with E-state index in [4.69, 9.17) is 0 Å². The summed E-state index contributed by atoms with van der Waals surface area (Å²) in [5.41, 5.74) is 2.43. The van der Waals surface area contributed by atoms with Crippen LogP contribution < -0.4 is 0 Å². The van der Waals surface area contributed by atoms with Crippen LogP contribution in [-0.2, 0) is 11.3 Å². The Morgan fingerprint density at radius 1 is 0.893 bits per heavy atom. The number of carbonyl (C=O) groups excluding carboxylic acids is 1. The SMILES string of the molecule is O=C(CCn1ccc2ccccc21)N1CCN(CC=Cc2ccccc2)CC1. The average molecular weight is 374 g/mol. The average Bonchev–Trinajstić information content (AvgIpc) is 3.16. The number of nitrogens with zero attached hydrogens (tertiary/aromatic N) is 3. The maximum absolute atomic E-state index is 12.6. The van der Waals surface area contributed by atoms with E-state index in [0.29, 0.717) is 6.42 Å². The molecule has 1 aromatic heterocycles. The van der Waals surface area contributed by atoms with E-state index in [1.807, 2.05) is 23.1 Å². The molecule has 4 rings (SSSR count). The first-order chi connectivity index (χ1) is 13.8. The fourth-order valence-corrected chi connectivity index (χ4v) is 3.79. The quantitative estimate of drug-likeness (QED) is 0.656. The van der Waals surface area contributed by atoms with E-state index in [2.05, 4.69) is 70.3 Å². The lowest BCUT2D eigenvalue weighted by molar-refractivity contribution is -0.133. The first-order valence-electron chi connectivity index (χ1n) is 10.1. The number of hydrogen-bond acceptors (Lipinski definition) is 2. The van der Waals surface area contributed by atoms with Crippen LogP contribution in [0, 0.1) is 0 Å². The zero-order valence-electron chi connectivity index (χ0n) is 16.2. The molecule has 1 saturated heterocycles. The minimum absolute atomic E-state index is 0.261. The molecule has 144 valence electrons. The van der Waals surface area contributed by atoms with E-state index >= 15 is 0 Å². The standard InChI is InChI=1S/C24H27N3O/c28-24(13-16-26-15-12-22-10-4-5-11-23(22)26)27-19-17-25(18-20-27)14-6-9-21-7-2-1-3-8-21/h1-12,15H,13-14,16-20H2. The number of aryl methyl sites for hydroxylation is 1. The summed E-state index contributed by atoms with van der Waals surface area (Å²) in [4.78, 5) is 17.0. The molecule has 0 saturated carbocycles. The van der Waals surface area contributed by atoms with E-state index < -0.39 is 0 Å². The zero-order chi connectivity index (χ0) is 19.2. The molecule has 0 aliphatic carbocycles. The molecule has 0 bridgehead atoms. The van der Waals surface area contributed by atoms with Crippen LogP contribution in [-0.4, -0.2) is 53.0 Å². The van der Waals surface area contributed by atoms with Crippen LogP contribution >= 0.6 is 0 Å². The first kappa shape index (κ1) is 18.5. The molecule has 4 heteroatoms. The van der Waals surface area contributed by atoms with Gasteiger partial charge in [-0.2, -0.15) is 0 Å². The van der Waals surface area contributed by atoms with Crippen molar-refractivity contribution in [3.63, 3.8) is 0 Å². The highest BCUT2D eigenvalue weighted by Gasteiger charge is 2.20. The van der Waals surface area contributed by atoms with Crippen molar-refractivity contribution in [1.82, 2.24) is 14.4 Å². The Kier molecular flexibility index (Phi) is 5.88. The van der Waals surface area contributed by atoms with Gasteiger partial charge in [0, 0.05) is 57.4 Å². The molecule has 0 unspecified atom stereocenters. The molecule has 2 heterocycles. The highest BCUT2D eigenvalue weighted by atomic mass is 16.2. The summed E-state index contributed by atoms with van der Waals surface area (Å²) in [5, 5.41) is 1.23. The third-order valence-electron chi connectivity index (χ3n) is 5.45. The minimum Gasteiger partial charge on any atom is -0.347 e. The maximum atomic E-state index is 12.6. The van der Waals surface area contributed by atoms with Crippen molar-refractivity contribution >= 4 is 22.9 Å². The van der Waals surface area contributed by atoms with Crippen LogP contribution in [0.5, 0.6) is 0 Å². The van der Waals surface area contributed by atoms with Gasteiger partial charge in [-0.05, 0) is 23.1 Å². The van der Waals surface area contributed by atoms with Gasteiger partial charge in [0.1, 0.15) is 0 Å². The molecular weight excluding hydrogens is 346 g/mol. The lowest BCUT2D eigenvalue weighted by Crippen LogP contribution is -2.48. The Morgan fingerprint density at radius 2 is 1.64 bits per heavy atom. The van der Waals surface area contributed by atoms with Gasteiger partial charge in [-0.25, -0.2) is 0 Å². The summed E-state index contributed by atoms with van der Waals surface area (Å²) in [7, 11) is 0. The van der Waals surface area contributed by atoms with Crippen molar-refractivity contribution in [3.05, 3.63) is 78.5 Å². The number of amides is 1. The number of benzene rings is 2. The van der Waals surface area contributed by atoms with E-state index in [1.54, 1.807) is 0 Å². The summed E-state index contributed by atoms with van der Waals surface area (Å²) in [6.45, 7) is 5.21. The van der Waals surface area contributed by atoms with Crippen molar-refractivity contribution < 1.29 is 4.79 Å². The maximum Gasteiger partial charge on any atom is 0.224 e. The lowest BCUT2D eigenvalue weighted by atomic mass is 10.2. The molecule has 1 aliphatic rings. The molecule has 0 atom stereocenters. The van der Waals surface area contributed by atoms with Gasteiger partial charge in [0.15, 0.2) is 0 Å². The van der Waals surface area contributed by atoms with Crippen LogP contribution in [0.1, 0.15) is 12.0 Å². The van der Waals surface area contributed by atoms with E-state index in [0.717, 1.165) is 39.3 Å². The number of aromatic nitrogens is 1. The van der Waals surface area contributed by atoms with Gasteiger partial charge in [0.05, 0.1) is 0 Å². The van der Waals surface area contributed by atoms with Gasteiger partial charge >= 0.3 is 0 Å². The van der Waals surface area contributed by atoms with Crippen LogP contribution in [0.2, 0.25) is 0 Å². The van der Waals surface area contributed by atoms with Crippen LogP contribution in [0.4, 0.5) is 0 Å². The van der Waals surface area contributed by atoms with Gasteiger partial charge in [0.25, 0.3) is 0 Å². The zero-order valence-corrected chi connectivity index (χ0v) is 16.2. The third-order valence-corrected chi connectivity index (χ3v) is 5.45. The Balaban J connectivity index is 1.22. The Labute approximate surface area is 166 Å². The molecule has 0 radical (unpaired) electrons. The number of hydrogen-bond donors (Lipinski definition) is 0. The summed E-state index contributed by atoms with van der Waals surface area (Å²) in [6.07, 6.45) is 7.02. The predicted octanol–water partition coefficient (Wildman–Crippen LogP) is 3.89. The van der Waals surface area contributed by atoms with Gasteiger partial charge in [-0.15, -0.1) is 0 Å². The number of fused-ring (bicyclic) bond motifs is 1. The lowest BCUT2D eigenvalue weighted by Gasteiger charge is -2.34.